The van der Waals surface area contributed by atoms with Gasteiger partial charge in [-0.3, -0.25) is 9.69 Å². The van der Waals surface area contributed by atoms with Crippen LogP contribution in [0.1, 0.15) is 149 Å². The van der Waals surface area contributed by atoms with Crippen LogP contribution in [0, 0.1) is 58.2 Å². The summed E-state index contributed by atoms with van der Waals surface area (Å²) in [5.41, 5.74) is 15.8. The van der Waals surface area contributed by atoms with Crippen molar-refractivity contribution in [3.63, 3.8) is 0 Å². The molecule has 7 heteroatoms. The summed E-state index contributed by atoms with van der Waals surface area (Å²) in [6, 6.07) is 17.2. The number of carbonyl (C=O) groups is 2. The fourth-order valence-electron chi connectivity index (χ4n) is 19.3. The highest BCUT2D eigenvalue weighted by molar-refractivity contribution is 6.00. The van der Waals surface area contributed by atoms with Gasteiger partial charge in [0.25, 0.3) is 0 Å². The average molecular weight is 874 g/mol. The molecule has 1 unspecified atom stereocenters. The van der Waals surface area contributed by atoms with Gasteiger partial charge in [0.05, 0.1) is 11.0 Å². The zero-order valence-electron chi connectivity index (χ0n) is 39.0. The SMILES string of the molecule is C[C@H]1CC2=C3[C@H]4C5=C6C[C@@H](Cc7cccc(c7)CCCC[C@H]7[C@]68C(=O)O/C(=C/C[C@@H](C6CCCCC6)N6C[C@H]9C[C@@H](C6)[C@@H](CC2)N3C9)[C@@]8(CC5)[C@]72OC(=O)c3c(CCCN)cccc32)[C@H]41. The number of nitrogens with two attached hydrogens (primary N) is 1. The van der Waals surface area contributed by atoms with Gasteiger partial charge in [-0.2, -0.15) is 0 Å². The summed E-state index contributed by atoms with van der Waals surface area (Å²) < 4.78 is 14.6. The zero-order valence-corrected chi connectivity index (χ0v) is 39.0. The molecular formula is C58H71N3O4. The molecule has 342 valence electrons. The molecule has 2 N–H and O–H groups in total. The minimum absolute atomic E-state index is 0.0223. The number of esters is 2. The fraction of sp³-hybridized carbons (Fsp3) is 0.655. The van der Waals surface area contributed by atoms with Crippen molar-refractivity contribution in [3.05, 3.63) is 105 Å². The van der Waals surface area contributed by atoms with Crippen molar-refractivity contribution in [1.82, 2.24) is 9.80 Å². The lowest BCUT2D eigenvalue weighted by molar-refractivity contribution is -0.278. The van der Waals surface area contributed by atoms with E-state index in [0.717, 1.165) is 93.1 Å². The standard InChI is InChI=1S/C58H71N3O4/c1-34-26-40-19-20-47-42-29-37-31-60(33-42)46(38-13-3-2-4-14-38)21-22-49-56-24-23-43-45-30-41(50(34)52(43)53(40)61(47)32-37)28-36-12-7-11-35(27-36)10-5-6-18-48(57(45,56)55(63)64-49)58(56)44-17-8-15-39(16-9-25-59)51(44)54(62)65-58/h7-8,11-12,15,17,22,27,34,37-38,41-42,46-48,50,52H,2-6,9-10,13-14,16,18-21,23-26,28-33,59H2,1H3/b49-22+/t34-,37+,41+,42-,46-,47+,48-,50+,52-,56+,57-,58+/m0/s1. The number of fused-ring (bicyclic) bond motifs is 7. The average Bonchev–Trinajstić information content (AvgIpc) is 3.76. The van der Waals surface area contributed by atoms with Crippen molar-refractivity contribution in [2.45, 2.75) is 153 Å². The number of hydrogen-bond acceptors (Lipinski definition) is 7. The Kier molecular flexibility index (Phi) is 9.11. The number of benzene rings is 2. The van der Waals surface area contributed by atoms with Crippen LogP contribution in [0.25, 0.3) is 0 Å². The monoisotopic (exact) mass is 874 g/mol. The van der Waals surface area contributed by atoms with Crippen LogP contribution in [-0.4, -0.2) is 60.0 Å². The molecule has 17 rings (SSSR count). The summed E-state index contributed by atoms with van der Waals surface area (Å²) in [5.74, 6) is 4.35. The molecule has 9 aliphatic heterocycles. The van der Waals surface area contributed by atoms with Crippen LogP contribution in [0.4, 0.5) is 0 Å². The van der Waals surface area contributed by atoms with E-state index in [4.69, 9.17) is 15.2 Å². The van der Waals surface area contributed by atoms with Gasteiger partial charge in [-0.1, -0.05) is 91.8 Å². The second kappa shape index (κ2) is 14.7. The van der Waals surface area contributed by atoms with Gasteiger partial charge in [0.2, 0.25) is 0 Å². The number of allylic oxidation sites excluding steroid dienone is 2. The smallest absolute Gasteiger partial charge is 0.339 e. The molecule has 0 aromatic heterocycles. The van der Waals surface area contributed by atoms with E-state index >= 15 is 4.79 Å². The summed E-state index contributed by atoms with van der Waals surface area (Å²) in [4.78, 5) is 37.3. The number of carbonyl (C=O) groups excluding carboxylic acids is 2. The molecule has 15 bridgehead atoms. The third-order valence-corrected chi connectivity index (χ3v) is 21.2. The Morgan fingerprint density at radius 2 is 1.69 bits per heavy atom. The highest BCUT2D eigenvalue weighted by atomic mass is 16.6. The summed E-state index contributed by atoms with van der Waals surface area (Å²) in [5, 5.41) is 0. The van der Waals surface area contributed by atoms with Crippen LogP contribution in [0.5, 0.6) is 0 Å². The molecule has 3 spiro atoms. The van der Waals surface area contributed by atoms with Crippen LogP contribution in [-0.2, 0) is 39.1 Å². The number of piperidine rings is 2. The molecule has 6 aliphatic carbocycles. The maximum absolute atomic E-state index is 16.2. The Labute approximate surface area is 387 Å². The molecule has 2 aromatic rings. The van der Waals surface area contributed by atoms with Gasteiger partial charge < -0.3 is 20.1 Å². The number of rotatable bonds is 4. The molecule has 5 fully saturated rings. The van der Waals surface area contributed by atoms with E-state index in [1.807, 2.05) is 0 Å². The van der Waals surface area contributed by atoms with Gasteiger partial charge in [0.1, 0.15) is 11.2 Å². The Morgan fingerprint density at radius 1 is 0.831 bits per heavy atom. The zero-order chi connectivity index (χ0) is 43.4. The number of ether oxygens (including phenoxy) is 2. The van der Waals surface area contributed by atoms with E-state index in [1.165, 1.54) is 94.1 Å². The number of nitrogens with zero attached hydrogens (tertiary/aromatic N) is 2. The highest BCUT2D eigenvalue weighted by Gasteiger charge is 2.93. The predicted octanol–water partition coefficient (Wildman–Crippen LogP) is 10.4. The molecule has 9 heterocycles. The first-order chi connectivity index (χ1) is 31.9. The van der Waals surface area contributed by atoms with Crippen LogP contribution in [0.2, 0.25) is 0 Å². The molecule has 65 heavy (non-hydrogen) atoms. The Balaban J connectivity index is 1.05. The first-order valence-corrected chi connectivity index (χ1v) is 26.9. The Morgan fingerprint density at radius 3 is 2.58 bits per heavy atom. The predicted molar refractivity (Wildman–Crippen MR) is 251 cm³/mol. The summed E-state index contributed by atoms with van der Waals surface area (Å²) in [7, 11) is 0. The lowest BCUT2D eigenvalue weighted by Crippen LogP contribution is -2.77. The number of hydrogen-bond donors (Lipinski definition) is 1. The van der Waals surface area contributed by atoms with Gasteiger partial charge in [0, 0.05) is 54.8 Å². The number of aryl methyl sites for hydroxylation is 2. The molecule has 2 aromatic carbocycles. The summed E-state index contributed by atoms with van der Waals surface area (Å²) in [6.45, 7) is 6.75. The molecule has 3 saturated heterocycles. The second-order valence-electron chi connectivity index (χ2n) is 23.8. The van der Waals surface area contributed by atoms with Crippen molar-refractivity contribution in [2.24, 2.45) is 63.9 Å². The fourth-order valence-corrected chi connectivity index (χ4v) is 19.3. The third-order valence-electron chi connectivity index (χ3n) is 21.2. The van der Waals surface area contributed by atoms with E-state index in [9.17, 15) is 4.79 Å². The molecule has 0 radical (unpaired) electrons. The lowest BCUT2D eigenvalue weighted by Gasteiger charge is -2.72. The molecule has 0 amide bonds. The molecule has 2 saturated carbocycles. The van der Waals surface area contributed by atoms with E-state index in [0.29, 0.717) is 60.1 Å². The quantitative estimate of drug-likeness (QED) is 0.242. The normalized spacial score (nSPS) is 43.0. The van der Waals surface area contributed by atoms with Gasteiger partial charge >= 0.3 is 11.9 Å². The topological polar surface area (TPSA) is 85.1 Å². The largest absolute Gasteiger partial charge is 0.449 e. The summed E-state index contributed by atoms with van der Waals surface area (Å²) >= 11 is 0. The van der Waals surface area contributed by atoms with Crippen molar-refractivity contribution >= 4 is 11.9 Å². The van der Waals surface area contributed by atoms with Gasteiger partial charge in [-0.15, -0.1) is 0 Å². The van der Waals surface area contributed by atoms with Gasteiger partial charge in [0.15, 0.2) is 5.60 Å². The third kappa shape index (κ3) is 5.22. The van der Waals surface area contributed by atoms with Gasteiger partial charge in [-0.05, 0) is 168 Å². The maximum Gasteiger partial charge on any atom is 0.339 e. The van der Waals surface area contributed by atoms with Gasteiger partial charge in [-0.25, -0.2) is 4.79 Å². The van der Waals surface area contributed by atoms with E-state index in [-0.39, 0.29) is 17.9 Å². The molecule has 13 atom stereocenters. The maximum atomic E-state index is 16.2. The van der Waals surface area contributed by atoms with E-state index in [2.05, 4.69) is 65.3 Å². The molecular weight excluding hydrogens is 803 g/mol. The second-order valence-corrected chi connectivity index (χ2v) is 23.8. The van der Waals surface area contributed by atoms with Crippen molar-refractivity contribution in [3.8, 4) is 0 Å². The Bertz CT molecular complexity index is 2460. The van der Waals surface area contributed by atoms with Crippen LogP contribution >= 0.6 is 0 Å². The van der Waals surface area contributed by atoms with Crippen LogP contribution in [0.3, 0.4) is 0 Å². The first-order valence-electron chi connectivity index (χ1n) is 26.9. The lowest BCUT2D eigenvalue weighted by atomic mass is 9.28. The first kappa shape index (κ1) is 40.4. The summed E-state index contributed by atoms with van der Waals surface area (Å²) in [6.07, 6.45) is 24.2. The highest BCUT2D eigenvalue weighted by Crippen LogP contribution is 2.87. The van der Waals surface area contributed by atoms with Crippen molar-refractivity contribution in [1.29, 1.82) is 0 Å². The van der Waals surface area contributed by atoms with Crippen LogP contribution < -0.4 is 5.73 Å². The molecule has 15 aliphatic rings. The van der Waals surface area contributed by atoms with E-state index in [1.54, 1.807) is 16.8 Å². The Hall–Kier alpha value is -3.68. The van der Waals surface area contributed by atoms with Crippen molar-refractivity contribution < 1.29 is 19.1 Å². The minimum Gasteiger partial charge on any atom is -0.449 e. The van der Waals surface area contributed by atoms with Crippen molar-refractivity contribution in [2.75, 3.05) is 26.2 Å². The van der Waals surface area contributed by atoms with Crippen LogP contribution in [0.15, 0.2) is 76.7 Å². The molecule has 7 nitrogen and oxygen atoms in total. The van der Waals surface area contributed by atoms with E-state index < -0.39 is 16.4 Å². The minimum atomic E-state index is -0.964.